The highest BCUT2D eigenvalue weighted by Gasteiger charge is 2.55. The van der Waals surface area contributed by atoms with Crippen molar-refractivity contribution in [2.75, 3.05) is 47.0 Å². The fourth-order valence-electron chi connectivity index (χ4n) is 8.99. The van der Waals surface area contributed by atoms with Crippen LogP contribution >= 0.6 is 92.8 Å². The lowest BCUT2D eigenvalue weighted by atomic mass is 9.96. The average molecular weight is 1450 g/mol. The maximum atomic E-state index is 11.4. The van der Waals surface area contributed by atoms with Crippen LogP contribution in [0.25, 0.3) is 0 Å². The first kappa shape index (κ1) is 79.2. The van der Waals surface area contributed by atoms with E-state index < -0.39 is 286 Å². The lowest BCUT2D eigenvalue weighted by Crippen LogP contribution is -2.66. The SMILES string of the molecule is O/C1=C(\O)C(CCCl)OC(O)/C(O)=C(\O)C(CCCl)OC(O)/C(O)=C(\O)C(CCCl)OC(O)C(O)C(O)C(CCCl)OC2OC(CCl)C(OC3OC(CCl)C(OC4OC(CCl)C(OC(O)/C(O)=C(\O)C(CCCl)OC1O)C(O)C4O)C(O)C3O)C(O)C2O. The molecular weight excluding hydrogens is 1370 g/mol. The van der Waals surface area contributed by atoms with Crippen molar-refractivity contribution in [3.05, 3.63) is 46.1 Å². The van der Waals surface area contributed by atoms with E-state index in [2.05, 4.69) is 0 Å². The van der Waals surface area contributed by atoms with Crippen molar-refractivity contribution in [1.82, 2.24) is 0 Å². The summed E-state index contributed by atoms with van der Waals surface area (Å²) < 4.78 is 60.9. The number of aliphatic hydroxyl groups excluding tert-OH is 21. The van der Waals surface area contributed by atoms with Gasteiger partial charge in [-0.2, -0.15) is 0 Å². The summed E-state index contributed by atoms with van der Waals surface area (Å²) in [7, 11) is 0. The Morgan fingerprint density at radius 3 is 0.773 bits per heavy atom. The third kappa shape index (κ3) is 20.1. The Labute approximate surface area is 540 Å². The molecule has 0 saturated carbocycles. The number of halogens is 8. The van der Waals surface area contributed by atoms with Crippen molar-refractivity contribution in [3.63, 3.8) is 0 Å². The number of ether oxygens (including phenoxy) is 11. The van der Waals surface area contributed by atoms with Gasteiger partial charge in [0.25, 0.3) is 0 Å². The highest BCUT2D eigenvalue weighted by Crippen LogP contribution is 2.36. The molecule has 7 aliphatic heterocycles. The van der Waals surface area contributed by atoms with Crippen LogP contribution in [-0.2, 0) is 52.1 Å². The van der Waals surface area contributed by atoms with E-state index in [4.69, 9.17) is 145 Å². The van der Waals surface area contributed by atoms with Gasteiger partial charge in [0.05, 0.1) is 23.7 Å². The predicted octanol–water partition coefficient (Wildman–Crippen LogP) is -1.09. The third-order valence-corrected chi connectivity index (χ3v) is 15.8. The Morgan fingerprint density at radius 1 is 0.239 bits per heavy atom. The van der Waals surface area contributed by atoms with Crippen LogP contribution in [0.2, 0.25) is 0 Å². The zero-order chi connectivity index (χ0) is 66.2. The van der Waals surface area contributed by atoms with Gasteiger partial charge in [-0.05, 0) is 32.1 Å². The van der Waals surface area contributed by atoms with Gasteiger partial charge in [0.2, 0.25) is 25.2 Å². The Hall–Kier alpha value is -1.28. The van der Waals surface area contributed by atoms with E-state index in [-0.39, 0.29) is 5.88 Å². The first-order valence-corrected chi connectivity index (χ1v) is 30.8. The molecule has 27 unspecified atom stereocenters. The summed E-state index contributed by atoms with van der Waals surface area (Å²) in [4.78, 5) is 0. The van der Waals surface area contributed by atoms with Gasteiger partial charge in [-0.1, -0.05) is 0 Å². The van der Waals surface area contributed by atoms with E-state index in [0.717, 1.165) is 0 Å². The van der Waals surface area contributed by atoms with Crippen LogP contribution in [-0.4, -0.2) is 321 Å². The summed E-state index contributed by atoms with van der Waals surface area (Å²) in [5.74, 6) is -15.8. The van der Waals surface area contributed by atoms with Crippen LogP contribution < -0.4 is 0 Å². The van der Waals surface area contributed by atoms with Gasteiger partial charge in [0.15, 0.2) is 71.2 Å². The van der Waals surface area contributed by atoms with Crippen molar-refractivity contribution in [1.29, 1.82) is 0 Å². The summed E-state index contributed by atoms with van der Waals surface area (Å²) in [6.45, 7) is 0. The van der Waals surface area contributed by atoms with Crippen molar-refractivity contribution >= 4 is 92.8 Å². The molecule has 0 spiro atoms. The van der Waals surface area contributed by atoms with Crippen LogP contribution in [0.3, 0.4) is 0 Å². The van der Waals surface area contributed by atoms with E-state index in [1.165, 1.54) is 0 Å². The largest absolute Gasteiger partial charge is 0.506 e. The number of hydrogen-bond acceptors (Lipinski definition) is 32. The van der Waals surface area contributed by atoms with Crippen LogP contribution in [0.1, 0.15) is 32.1 Å². The first-order valence-electron chi connectivity index (χ1n) is 26.5. The standard InChI is InChI=1S/C48H74Cl8O32/c49-6-1-14-22(57)30(65)41(73)79-15(2-7-50)23(58)32(67)43(75)81-17(4-9-52)25(60)34(69)45(77)86-38-19(11-54)84-47(36(71)27(38)62)88-40-21(13-56)85-48(37(72)29(40)64)87-39-20(12-55)83-46(35(70)28(39)63)82-18(5-10-53)26(61)33(68)44(76)80-16(3-8-51)24(59)31(66)42(74)78-14/h14-21,26-29,33,35-48,57-77H,1-13H2/b30-22+,31-24+,32-23-,34-25+. The third-order valence-electron chi connectivity index (χ3n) is 13.8. The smallest absolute Gasteiger partial charge is 0.218 e. The van der Waals surface area contributed by atoms with Crippen molar-refractivity contribution in [2.45, 2.75) is 198 Å². The summed E-state index contributed by atoms with van der Waals surface area (Å²) in [5.41, 5.74) is 0. The lowest BCUT2D eigenvalue weighted by Gasteiger charge is -2.48. The minimum absolute atomic E-state index is 0.359. The molecule has 7 aliphatic rings. The number of rotatable bonds is 13. The molecule has 27 atom stereocenters. The molecule has 7 heterocycles. The van der Waals surface area contributed by atoms with E-state index >= 15 is 0 Å². The molecule has 7 rings (SSSR count). The predicted molar refractivity (Wildman–Crippen MR) is 301 cm³/mol. The first-order chi connectivity index (χ1) is 41.5. The number of hydrogen-bond donors (Lipinski definition) is 21. The molecule has 0 aliphatic carbocycles. The summed E-state index contributed by atoms with van der Waals surface area (Å²) in [6.07, 6.45) is -59.9. The molecule has 0 aromatic heterocycles. The second-order valence-electron chi connectivity index (χ2n) is 19.8. The Kier molecular flexibility index (Phi) is 33.9. The molecule has 3 saturated heterocycles. The Morgan fingerprint density at radius 2 is 0.489 bits per heavy atom. The molecular formula is C48H74Cl8O32. The van der Waals surface area contributed by atoms with Crippen LogP contribution in [0, 0.1) is 0 Å². The maximum Gasteiger partial charge on any atom is 0.218 e. The van der Waals surface area contributed by atoms with Crippen LogP contribution in [0.4, 0.5) is 0 Å². The lowest BCUT2D eigenvalue weighted by molar-refractivity contribution is -0.377. The summed E-state index contributed by atoms with van der Waals surface area (Å²) >= 11 is 48.0. The van der Waals surface area contributed by atoms with Gasteiger partial charge in [-0.3, -0.25) is 0 Å². The second-order valence-corrected chi connectivity index (χ2v) is 22.6. The van der Waals surface area contributed by atoms with Crippen molar-refractivity contribution < 1.29 is 159 Å². The molecule has 0 aromatic rings. The molecule has 40 heteroatoms. The van der Waals surface area contributed by atoms with E-state index in [1.54, 1.807) is 0 Å². The normalized spacial score (nSPS) is 45.4. The van der Waals surface area contributed by atoms with Gasteiger partial charge in [-0.15, -0.1) is 92.8 Å². The molecule has 0 aromatic carbocycles. The molecule has 6 bridgehead atoms. The fraction of sp³-hybridized carbons (Fsp3) is 0.833. The second kappa shape index (κ2) is 37.7. The van der Waals surface area contributed by atoms with Gasteiger partial charge < -0.3 is 159 Å². The van der Waals surface area contributed by atoms with Gasteiger partial charge in [0.1, 0.15) is 110 Å². The molecule has 0 amide bonds. The molecule has 0 radical (unpaired) electrons. The average Bonchev–Trinajstić information content (AvgIpc) is 1.51. The minimum Gasteiger partial charge on any atom is -0.506 e. The zero-order valence-electron chi connectivity index (χ0n) is 45.7. The van der Waals surface area contributed by atoms with Crippen LogP contribution in [0.5, 0.6) is 0 Å². The highest BCUT2D eigenvalue weighted by atomic mass is 35.5. The molecule has 88 heavy (non-hydrogen) atoms. The number of alkyl halides is 8. The summed E-state index contributed by atoms with van der Waals surface area (Å²) in [6, 6.07) is 0. The fourth-order valence-corrected chi connectivity index (χ4v) is 10.7. The van der Waals surface area contributed by atoms with Gasteiger partial charge >= 0.3 is 0 Å². The topological polar surface area (TPSA) is 526 Å². The highest BCUT2D eigenvalue weighted by molar-refractivity contribution is 6.19. The Balaban J connectivity index is 1.78. The number of aliphatic hydroxyl groups is 21. The van der Waals surface area contributed by atoms with E-state index in [1.807, 2.05) is 0 Å². The molecule has 21 N–H and O–H groups in total. The van der Waals surface area contributed by atoms with Gasteiger partial charge in [0, 0.05) is 29.4 Å². The zero-order valence-corrected chi connectivity index (χ0v) is 51.7. The monoisotopic (exact) mass is 1440 g/mol. The van der Waals surface area contributed by atoms with Crippen molar-refractivity contribution in [2.24, 2.45) is 0 Å². The van der Waals surface area contributed by atoms with Crippen LogP contribution in [0.15, 0.2) is 46.1 Å². The molecule has 3 fully saturated rings. The van der Waals surface area contributed by atoms with Crippen molar-refractivity contribution in [3.8, 4) is 0 Å². The molecule has 32 nitrogen and oxygen atoms in total. The quantitative estimate of drug-likeness (QED) is 0.0974. The van der Waals surface area contributed by atoms with Gasteiger partial charge in [-0.25, -0.2) is 0 Å². The Bertz CT molecular complexity index is 2230. The van der Waals surface area contributed by atoms with E-state index in [9.17, 15) is 107 Å². The number of fused-ring (bicyclic) bond motifs is 3. The molecule has 514 valence electrons. The minimum atomic E-state index is -2.75. The summed E-state index contributed by atoms with van der Waals surface area (Å²) in [5, 5.41) is 233. The van der Waals surface area contributed by atoms with E-state index in [0.29, 0.717) is 0 Å². The maximum absolute atomic E-state index is 11.4.